The summed E-state index contributed by atoms with van der Waals surface area (Å²) in [5, 5.41) is -0.606. The first-order valence-corrected chi connectivity index (χ1v) is 5.11. The van der Waals surface area contributed by atoms with E-state index in [2.05, 4.69) is 9.72 Å². The van der Waals surface area contributed by atoms with Crippen molar-refractivity contribution in [3.63, 3.8) is 0 Å². The number of halogens is 4. The number of aromatic nitrogens is 1. The van der Waals surface area contributed by atoms with Gasteiger partial charge in [0.15, 0.2) is 0 Å². The van der Waals surface area contributed by atoms with Crippen molar-refractivity contribution in [2.45, 2.75) is 19.8 Å². The normalized spacial score (nSPS) is 10.7. The molecule has 0 bridgehead atoms. The lowest BCUT2D eigenvalue weighted by Gasteiger charge is -2.08. The number of esters is 1. The quantitative estimate of drug-likeness (QED) is 0.622. The molecule has 0 N–H and O–H groups in total. The van der Waals surface area contributed by atoms with E-state index in [-0.39, 0.29) is 12.2 Å². The Bertz CT molecular complexity index is 426. The molecular formula is C10H9ClF3NO2. The number of hydrogen-bond donors (Lipinski definition) is 0. The third kappa shape index (κ3) is 3.33. The van der Waals surface area contributed by atoms with Crippen LogP contribution in [0.25, 0.3) is 0 Å². The summed E-state index contributed by atoms with van der Waals surface area (Å²) in [6.07, 6.45) is -2.60. The van der Waals surface area contributed by atoms with E-state index >= 15 is 0 Å². The van der Waals surface area contributed by atoms with E-state index < -0.39 is 35.3 Å². The lowest BCUT2D eigenvalue weighted by Crippen LogP contribution is -2.11. The van der Waals surface area contributed by atoms with Gasteiger partial charge in [-0.25, -0.2) is 18.2 Å². The Balaban J connectivity index is 3.02. The number of pyridine rings is 1. The van der Waals surface area contributed by atoms with Gasteiger partial charge in [-0.15, -0.1) is 0 Å². The van der Waals surface area contributed by atoms with Crippen LogP contribution in [0.5, 0.6) is 0 Å². The molecule has 0 aliphatic heterocycles. The van der Waals surface area contributed by atoms with Crippen LogP contribution in [0.1, 0.15) is 24.5 Å². The number of carbonyl (C=O) groups is 1. The number of alkyl halides is 2. The average molecular weight is 268 g/mol. The molecule has 17 heavy (non-hydrogen) atoms. The second kappa shape index (κ2) is 5.86. The Morgan fingerprint density at radius 2 is 2.24 bits per heavy atom. The van der Waals surface area contributed by atoms with Crippen molar-refractivity contribution in [2.75, 3.05) is 6.61 Å². The van der Waals surface area contributed by atoms with Crippen LogP contribution in [0.2, 0.25) is 5.15 Å². The molecule has 0 aliphatic rings. The first-order chi connectivity index (χ1) is 7.97. The van der Waals surface area contributed by atoms with Crippen molar-refractivity contribution >= 4 is 17.6 Å². The predicted molar refractivity (Wildman–Crippen MR) is 54.5 cm³/mol. The molecule has 7 heteroatoms. The standard InChI is InChI=1S/C10H9ClF3NO2/c1-2-17-6(16)3-5-4-15-9(11)7(8(5)12)10(13)14/h4,10H,2-3H2,1H3. The van der Waals surface area contributed by atoms with E-state index in [0.717, 1.165) is 6.20 Å². The molecule has 0 atom stereocenters. The highest BCUT2D eigenvalue weighted by Gasteiger charge is 2.22. The minimum atomic E-state index is -3.09. The van der Waals surface area contributed by atoms with Gasteiger partial charge in [-0.1, -0.05) is 11.6 Å². The molecule has 0 saturated carbocycles. The molecule has 0 radical (unpaired) electrons. The summed E-state index contributed by atoms with van der Waals surface area (Å²) in [6.45, 7) is 1.71. The topological polar surface area (TPSA) is 39.2 Å². The van der Waals surface area contributed by atoms with Crippen LogP contribution in [0.3, 0.4) is 0 Å². The summed E-state index contributed by atoms with van der Waals surface area (Å²) in [6, 6.07) is 0. The largest absolute Gasteiger partial charge is 0.466 e. The number of hydrogen-bond acceptors (Lipinski definition) is 3. The smallest absolute Gasteiger partial charge is 0.310 e. The van der Waals surface area contributed by atoms with Crippen molar-refractivity contribution in [2.24, 2.45) is 0 Å². The Morgan fingerprint density at radius 3 is 2.76 bits per heavy atom. The SMILES string of the molecule is CCOC(=O)Cc1cnc(Cl)c(C(F)F)c1F. The monoisotopic (exact) mass is 267 g/mol. The summed E-state index contributed by atoms with van der Waals surface area (Å²) in [4.78, 5) is 14.5. The molecule has 3 nitrogen and oxygen atoms in total. The van der Waals surface area contributed by atoms with Gasteiger partial charge in [0.2, 0.25) is 0 Å². The molecule has 94 valence electrons. The highest BCUT2D eigenvalue weighted by atomic mass is 35.5. The molecule has 0 saturated heterocycles. The van der Waals surface area contributed by atoms with Crippen LogP contribution in [-0.4, -0.2) is 17.6 Å². The van der Waals surface area contributed by atoms with E-state index in [1.165, 1.54) is 0 Å². The number of ether oxygens (including phenoxy) is 1. The Morgan fingerprint density at radius 1 is 1.59 bits per heavy atom. The molecular weight excluding hydrogens is 259 g/mol. The molecule has 0 unspecified atom stereocenters. The Kier molecular flexibility index (Phi) is 4.74. The molecule has 0 fully saturated rings. The summed E-state index contributed by atoms with van der Waals surface area (Å²) in [5.41, 5.74) is -1.25. The second-order valence-electron chi connectivity index (χ2n) is 3.08. The maximum absolute atomic E-state index is 13.6. The van der Waals surface area contributed by atoms with Crippen molar-refractivity contribution in [1.29, 1.82) is 0 Å². The van der Waals surface area contributed by atoms with Crippen molar-refractivity contribution in [3.8, 4) is 0 Å². The third-order valence-electron chi connectivity index (χ3n) is 1.93. The Labute approximate surface area is 101 Å². The van der Waals surface area contributed by atoms with Crippen LogP contribution in [0.4, 0.5) is 13.2 Å². The molecule has 1 aromatic rings. The third-order valence-corrected chi connectivity index (χ3v) is 2.23. The van der Waals surface area contributed by atoms with Crippen LogP contribution < -0.4 is 0 Å². The number of rotatable bonds is 4. The molecule has 1 heterocycles. The summed E-state index contributed by atoms with van der Waals surface area (Å²) in [5.74, 6) is -1.93. The number of nitrogens with zero attached hydrogens (tertiary/aromatic N) is 1. The first-order valence-electron chi connectivity index (χ1n) is 4.73. The van der Waals surface area contributed by atoms with Gasteiger partial charge in [-0.3, -0.25) is 4.79 Å². The van der Waals surface area contributed by atoms with Gasteiger partial charge in [0.25, 0.3) is 6.43 Å². The highest BCUT2D eigenvalue weighted by molar-refractivity contribution is 6.30. The van der Waals surface area contributed by atoms with Crippen molar-refractivity contribution in [1.82, 2.24) is 4.98 Å². The second-order valence-corrected chi connectivity index (χ2v) is 3.44. The molecule has 1 aromatic heterocycles. The van der Waals surface area contributed by atoms with E-state index in [1.54, 1.807) is 6.92 Å². The fourth-order valence-corrected chi connectivity index (χ4v) is 1.42. The van der Waals surface area contributed by atoms with E-state index in [0.29, 0.717) is 0 Å². The minimum absolute atomic E-state index is 0.128. The van der Waals surface area contributed by atoms with Gasteiger partial charge in [-0.2, -0.15) is 0 Å². The molecule has 0 aliphatic carbocycles. The maximum Gasteiger partial charge on any atom is 0.310 e. The molecule has 0 spiro atoms. The summed E-state index contributed by atoms with van der Waals surface area (Å²) < 4.78 is 43.1. The predicted octanol–water partition coefficient (Wildman–Crippen LogP) is 2.92. The van der Waals surface area contributed by atoms with E-state index in [4.69, 9.17) is 11.6 Å². The average Bonchev–Trinajstić information content (AvgIpc) is 2.22. The van der Waals surface area contributed by atoms with Gasteiger partial charge < -0.3 is 4.74 Å². The zero-order chi connectivity index (χ0) is 13.0. The Hall–Kier alpha value is -1.30. The van der Waals surface area contributed by atoms with Crippen LogP contribution in [-0.2, 0) is 16.0 Å². The molecule has 1 rings (SSSR count). The summed E-state index contributed by atoms with van der Waals surface area (Å²) >= 11 is 5.35. The lowest BCUT2D eigenvalue weighted by molar-refractivity contribution is -0.142. The van der Waals surface area contributed by atoms with Crippen molar-refractivity contribution in [3.05, 3.63) is 28.3 Å². The van der Waals surface area contributed by atoms with Crippen LogP contribution >= 0.6 is 11.6 Å². The van der Waals surface area contributed by atoms with Gasteiger partial charge >= 0.3 is 5.97 Å². The fourth-order valence-electron chi connectivity index (χ4n) is 1.20. The minimum Gasteiger partial charge on any atom is -0.466 e. The van der Waals surface area contributed by atoms with E-state index in [9.17, 15) is 18.0 Å². The zero-order valence-electron chi connectivity index (χ0n) is 8.84. The highest BCUT2D eigenvalue weighted by Crippen LogP contribution is 2.29. The lowest BCUT2D eigenvalue weighted by atomic mass is 10.1. The molecule has 0 aromatic carbocycles. The van der Waals surface area contributed by atoms with E-state index in [1.807, 2.05) is 0 Å². The van der Waals surface area contributed by atoms with Gasteiger partial charge in [0.1, 0.15) is 11.0 Å². The van der Waals surface area contributed by atoms with Gasteiger partial charge in [0, 0.05) is 11.8 Å². The van der Waals surface area contributed by atoms with Crippen LogP contribution in [0, 0.1) is 5.82 Å². The number of carbonyl (C=O) groups excluding carboxylic acids is 1. The first kappa shape index (κ1) is 13.8. The summed E-state index contributed by atoms with van der Waals surface area (Å²) in [7, 11) is 0. The van der Waals surface area contributed by atoms with Crippen molar-refractivity contribution < 1.29 is 22.7 Å². The van der Waals surface area contributed by atoms with Gasteiger partial charge in [0.05, 0.1) is 18.6 Å². The maximum atomic E-state index is 13.6. The molecule has 0 amide bonds. The fraction of sp³-hybridized carbons (Fsp3) is 0.400. The van der Waals surface area contributed by atoms with Gasteiger partial charge in [-0.05, 0) is 6.92 Å². The van der Waals surface area contributed by atoms with Crippen LogP contribution in [0.15, 0.2) is 6.20 Å². The zero-order valence-corrected chi connectivity index (χ0v) is 9.60.